The maximum Gasteiger partial charge on any atom is 0.270 e. The molecule has 0 aromatic carbocycles. The molecular formula is C11H10N4O. The fraction of sp³-hybridized carbons (Fsp3) is 0.455. The predicted molar refractivity (Wildman–Crippen MR) is 55.7 cm³/mol. The molecule has 1 amide bonds. The van der Waals surface area contributed by atoms with Gasteiger partial charge < -0.3 is 5.73 Å². The van der Waals surface area contributed by atoms with Crippen molar-refractivity contribution in [1.29, 1.82) is 10.5 Å². The summed E-state index contributed by atoms with van der Waals surface area (Å²) in [6, 6.07) is 4.00. The highest BCUT2D eigenvalue weighted by Gasteiger charge is 2.65. The number of fused-ring (bicyclic) bond motifs is 1. The minimum Gasteiger partial charge on any atom is -0.386 e. The first kappa shape index (κ1) is 10.4. The monoisotopic (exact) mass is 214 g/mol. The van der Waals surface area contributed by atoms with Gasteiger partial charge in [0.1, 0.15) is 11.3 Å². The topological polar surface area (TPSA) is 103 Å². The predicted octanol–water partition coefficient (Wildman–Crippen LogP) is 0.644. The van der Waals surface area contributed by atoms with Gasteiger partial charge in [0.05, 0.1) is 12.1 Å². The molecule has 0 saturated heterocycles. The first-order valence-electron chi connectivity index (χ1n) is 4.89. The third-order valence-corrected chi connectivity index (χ3v) is 3.44. The van der Waals surface area contributed by atoms with Gasteiger partial charge in [0, 0.05) is 0 Å². The number of amides is 1. The maximum absolute atomic E-state index is 11.8. The van der Waals surface area contributed by atoms with Gasteiger partial charge in [0.2, 0.25) is 0 Å². The van der Waals surface area contributed by atoms with Gasteiger partial charge in [0.25, 0.3) is 5.91 Å². The van der Waals surface area contributed by atoms with Crippen molar-refractivity contribution in [3.8, 4) is 12.1 Å². The van der Waals surface area contributed by atoms with Gasteiger partial charge in [-0.05, 0) is 19.8 Å². The van der Waals surface area contributed by atoms with Crippen molar-refractivity contribution >= 4 is 11.7 Å². The van der Waals surface area contributed by atoms with Gasteiger partial charge in [0.15, 0.2) is 5.41 Å². The normalized spacial score (nSPS) is 36.8. The molecule has 0 radical (unpaired) electrons. The Kier molecular flexibility index (Phi) is 1.90. The lowest BCUT2D eigenvalue weighted by Gasteiger charge is -2.36. The van der Waals surface area contributed by atoms with Crippen LogP contribution in [-0.2, 0) is 4.79 Å². The largest absolute Gasteiger partial charge is 0.386 e. The molecule has 0 aromatic rings. The van der Waals surface area contributed by atoms with Crippen LogP contribution in [0.5, 0.6) is 0 Å². The molecule has 1 aliphatic carbocycles. The molecule has 0 bridgehead atoms. The number of amidine groups is 1. The van der Waals surface area contributed by atoms with E-state index in [1.807, 2.05) is 25.1 Å². The van der Waals surface area contributed by atoms with E-state index in [2.05, 4.69) is 4.99 Å². The molecule has 0 spiro atoms. The van der Waals surface area contributed by atoms with E-state index in [0.717, 1.165) is 5.57 Å². The Morgan fingerprint density at radius 1 is 1.44 bits per heavy atom. The quantitative estimate of drug-likeness (QED) is 0.597. The summed E-state index contributed by atoms with van der Waals surface area (Å²) in [5, 5.41) is 18.6. The van der Waals surface area contributed by atoms with E-state index in [-0.39, 0.29) is 12.3 Å². The zero-order chi connectivity index (χ0) is 12.0. The van der Waals surface area contributed by atoms with Crippen LogP contribution in [0, 0.1) is 33.5 Å². The molecule has 1 aliphatic heterocycles. The number of nitriles is 2. The van der Waals surface area contributed by atoms with Crippen LogP contribution >= 0.6 is 0 Å². The molecule has 0 saturated carbocycles. The molecule has 2 N–H and O–H groups in total. The van der Waals surface area contributed by atoms with Crippen LogP contribution in [0.15, 0.2) is 16.6 Å². The molecule has 2 aliphatic rings. The number of carbonyl (C=O) groups excluding carboxylic acids is 1. The number of nitrogens with two attached hydrogens (primary N) is 1. The number of aliphatic imine (C=N–C) groups is 1. The summed E-state index contributed by atoms with van der Waals surface area (Å²) in [5.41, 5.74) is 3.96. The number of nitrogens with zero attached hydrogens (tertiary/aromatic N) is 3. The summed E-state index contributed by atoms with van der Waals surface area (Å²) in [6.07, 6.45) is 2.33. The second-order valence-corrected chi connectivity index (χ2v) is 4.27. The SMILES string of the molecule is CC1=CCC2(C#N)C(=O)N=C(N)C2(C#N)C1. The van der Waals surface area contributed by atoms with Crippen LogP contribution in [0.2, 0.25) is 0 Å². The van der Waals surface area contributed by atoms with Crippen LogP contribution in [0.1, 0.15) is 19.8 Å². The molecule has 0 fully saturated rings. The molecule has 5 nitrogen and oxygen atoms in total. The van der Waals surface area contributed by atoms with Crippen LogP contribution in [0.3, 0.4) is 0 Å². The summed E-state index contributed by atoms with van der Waals surface area (Å²) in [7, 11) is 0. The van der Waals surface area contributed by atoms with Gasteiger partial charge in [-0.15, -0.1) is 0 Å². The highest BCUT2D eigenvalue weighted by atomic mass is 16.2. The highest BCUT2D eigenvalue weighted by molar-refractivity contribution is 6.11. The van der Waals surface area contributed by atoms with E-state index in [1.165, 1.54) is 0 Å². The molecular weight excluding hydrogens is 204 g/mol. The van der Waals surface area contributed by atoms with Crippen molar-refractivity contribution in [1.82, 2.24) is 0 Å². The van der Waals surface area contributed by atoms with E-state index in [4.69, 9.17) is 5.73 Å². The van der Waals surface area contributed by atoms with Crippen molar-refractivity contribution < 1.29 is 4.79 Å². The molecule has 2 rings (SSSR count). The summed E-state index contributed by atoms with van der Waals surface area (Å²) < 4.78 is 0. The molecule has 80 valence electrons. The minimum atomic E-state index is -1.41. The Bertz CT molecular complexity index is 519. The Labute approximate surface area is 92.9 Å². The Balaban J connectivity index is 2.71. The number of carbonyl (C=O) groups is 1. The highest BCUT2D eigenvalue weighted by Crippen LogP contribution is 2.53. The summed E-state index contributed by atoms with van der Waals surface area (Å²) >= 11 is 0. The van der Waals surface area contributed by atoms with E-state index < -0.39 is 16.7 Å². The summed E-state index contributed by atoms with van der Waals surface area (Å²) in [4.78, 5) is 15.4. The third kappa shape index (κ3) is 0.880. The Hall–Kier alpha value is -2.14. The maximum atomic E-state index is 11.8. The first-order valence-corrected chi connectivity index (χ1v) is 4.89. The van der Waals surface area contributed by atoms with Crippen LogP contribution in [-0.4, -0.2) is 11.7 Å². The zero-order valence-electron chi connectivity index (χ0n) is 8.82. The summed E-state index contributed by atoms with van der Waals surface area (Å²) in [5.74, 6) is -0.605. The van der Waals surface area contributed by atoms with E-state index >= 15 is 0 Å². The van der Waals surface area contributed by atoms with Crippen molar-refractivity contribution in [3.63, 3.8) is 0 Å². The average molecular weight is 214 g/mol. The van der Waals surface area contributed by atoms with Crippen molar-refractivity contribution in [2.45, 2.75) is 19.8 Å². The average Bonchev–Trinajstić information content (AvgIpc) is 2.48. The third-order valence-electron chi connectivity index (χ3n) is 3.44. The van der Waals surface area contributed by atoms with Crippen LogP contribution < -0.4 is 5.73 Å². The molecule has 16 heavy (non-hydrogen) atoms. The van der Waals surface area contributed by atoms with Crippen molar-refractivity contribution in [2.75, 3.05) is 0 Å². The number of hydrogen-bond acceptors (Lipinski definition) is 4. The lowest BCUT2D eigenvalue weighted by molar-refractivity contribution is -0.125. The number of rotatable bonds is 0. The standard InChI is InChI=1S/C11H10N4O/c1-7-2-3-10(5-12)9(16)15-8(14)11(10,4-7)6-13/h2H,3-4H2,1H3,(H2,14,15,16). The van der Waals surface area contributed by atoms with Gasteiger partial charge in [-0.1, -0.05) is 11.6 Å². The van der Waals surface area contributed by atoms with Crippen LogP contribution in [0.25, 0.3) is 0 Å². The minimum absolute atomic E-state index is 0.0194. The smallest absolute Gasteiger partial charge is 0.270 e. The Morgan fingerprint density at radius 2 is 2.06 bits per heavy atom. The van der Waals surface area contributed by atoms with Crippen molar-refractivity contribution in [3.05, 3.63) is 11.6 Å². The lowest BCUT2D eigenvalue weighted by Crippen LogP contribution is -2.49. The number of hydrogen-bond donors (Lipinski definition) is 1. The summed E-state index contributed by atoms with van der Waals surface area (Å²) in [6.45, 7) is 1.86. The fourth-order valence-corrected chi connectivity index (χ4v) is 2.40. The van der Waals surface area contributed by atoms with Gasteiger partial charge in [-0.25, -0.2) is 0 Å². The molecule has 1 heterocycles. The molecule has 0 aromatic heterocycles. The first-order chi connectivity index (χ1) is 7.52. The Morgan fingerprint density at radius 3 is 2.62 bits per heavy atom. The molecule has 2 atom stereocenters. The lowest BCUT2D eigenvalue weighted by atomic mass is 9.58. The van der Waals surface area contributed by atoms with Crippen molar-refractivity contribution in [2.24, 2.45) is 21.6 Å². The number of allylic oxidation sites excluding steroid dienone is 2. The van der Waals surface area contributed by atoms with Crippen LogP contribution in [0.4, 0.5) is 0 Å². The van der Waals surface area contributed by atoms with Gasteiger partial charge in [-0.2, -0.15) is 15.5 Å². The second-order valence-electron chi connectivity index (χ2n) is 4.27. The molecule has 2 unspecified atom stereocenters. The van der Waals surface area contributed by atoms with E-state index in [9.17, 15) is 15.3 Å². The van der Waals surface area contributed by atoms with E-state index in [0.29, 0.717) is 6.42 Å². The van der Waals surface area contributed by atoms with E-state index in [1.54, 1.807) is 0 Å². The fourth-order valence-electron chi connectivity index (χ4n) is 2.40. The van der Waals surface area contributed by atoms with Gasteiger partial charge in [-0.3, -0.25) is 4.79 Å². The molecule has 5 heteroatoms. The zero-order valence-corrected chi connectivity index (χ0v) is 8.82. The second kappa shape index (κ2) is 2.93. The van der Waals surface area contributed by atoms with Gasteiger partial charge >= 0.3 is 0 Å².